The predicted molar refractivity (Wildman–Crippen MR) is 29.3 cm³/mol. The number of hydrogen-bond donors (Lipinski definition) is 3. The quantitative estimate of drug-likeness (QED) is 0.492. The average Bonchev–Trinajstić information content (AvgIpc) is 2.33. The molecule has 0 bridgehead atoms. The molecule has 0 saturated heterocycles. The van der Waals surface area contributed by atoms with E-state index in [0.29, 0.717) is 0 Å². The van der Waals surface area contributed by atoms with E-state index in [1.807, 2.05) is 0 Å². The lowest BCUT2D eigenvalue weighted by molar-refractivity contribution is 0.0686. The first-order chi connectivity index (χ1) is 4.75. The molecule has 1 aromatic heterocycles. The fourth-order valence-electron chi connectivity index (χ4n) is 0.534. The summed E-state index contributed by atoms with van der Waals surface area (Å²) in [4.78, 5) is 10.2. The Labute approximate surface area is 55.5 Å². The molecule has 0 fully saturated rings. The average molecular weight is 143 g/mol. The smallest absolute Gasteiger partial charge is 0.358 e. The van der Waals surface area contributed by atoms with Gasteiger partial charge in [0.2, 0.25) is 0 Å². The van der Waals surface area contributed by atoms with E-state index in [9.17, 15) is 4.79 Å². The summed E-state index contributed by atoms with van der Waals surface area (Å²) in [5.74, 6) is -1.20. The maximum atomic E-state index is 10.2. The molecule has 0 radical (unpaired) electrons. The van der Waals surface area contributed by atoms with Crippen molar-refractivity contribution in [3.63, 3.8) is 0 Å². The van der Waals surface area contributed by atoms with Crippen LogP contribution in [-0.4, -0.2) is 31.6 Å². The molecule has 1 heterocycles. The summed E-state index contributed by atoms with van der Waals surface area (Å²) in [6.45, 7) is -0.419. The highest BCUT2D eigenvalue weighted by molar-refractivity contribution is 5.86. The Kier molecular flexibility index (Phi) is 1.63. The first-order valence-corrected chi connectivity index (χ1v) is 2.49. The molecule has 0 aliphatic carbocycles. The van der Waals surface area contributed by atoms with Crippen LogP contribution in [0.2, 0.25) is 0 Å². The van der Waals surface area contributed by atoms with Crippen LogP contribution >= 0.6 is 0 Å². The molecule has 0 aliphatic rings. The van der Waals surface area contributed by atoms with E-state index < -0.39 is 12.6 Å². The van der Waals surface area contributed by atoms with E-state index in [4.69, 9.17) is 10.2 Å². The third-order valence-corrected chi connectivity index (χ3v) is 0.972. The van der Waals surface area contributed by atoms with Gasteiger partial charge >= 0.3 is 5.97 Å². The topological polar surface area (TPSA) is 99.1 Å². The van der Waals surface area contributed by atoms with Gasteiger partial charge in [0, 0.05) is 0 Å². The molecule has 0 amide bonds. The fraction of sp³-hybridized carbons (Fsp3) is 0.250. The van der Waals surface area contributed by atoms with Gasteiger partial charge in [0.1, 0.15) is 5.69 Å². The molecule has 0 saturated carbocycles. The highest BCUT2D eigenvalue weighted by atomic mass is 16.4. The largest absolute Gasteiger partial charge is 0.476 e. The zero-order valence-corrected chi connectivity index (χ0v) is 4.90. The molecule has 6 nitrogen and oxygen atoms in total. The van der Waals surface area contributed by atoms with Crippen LogP contribution in [0.15, 0.2) is 0 Å². The molecule has 0 unspecified atom stereocenters. The molecule has 6 heteroatoms. The number of carboxylic acid groups (broad SMARTS) is 1. The van der Waals surface area contributed by atoms with E-state index in [0.717, 1.165) is 0 Å². The van der Waals surface area contributed by atoms with Crippen LogP contribution < -0.4 is 0 Å². The van der Waals surface area contributed by atoms with Crippen LogP contribution in [-0.2, 0) is 6.61 Å². The lowest BCUT2D eigenvalue weighted by Crippen LogP contribution is -2.01. The van der Waals surface area contributed by atoms with Crippen LogP contribution in [0.5, 0.6) is 0 Å². The monoisotopic (exact) mass is 143 g/mol. The van der Waals surface area contributed by atoms with Gasteiger partial charge in [0.05, 0.1) is 6.61 Å². The van der Waals surface area contributed by atoms with E-state index >= 15 is 0 Å². The van der Waals surface area contributed by atoms with Gasteiger partial charge in [-0.15, -0.1) is 5.10 Å². The van der Waals surface area contributed by atoms with Gasteiger partial charge in [-0.25, -0.2) is 4.79 Å². The van der Waals surface area contributed by atoms with Crippen molar-refractivity contribution in [2.75, 3.05) is 0 Å². The van der Waals surface area contributed by atoms with Crippen molar-refractivity contribution in [2.24, 2.45) is 0 Å². The standard InChI is InChI=1S/C4H5N3O3/c8-1-2-3(4(9)10)6-7-5-2/h8H,1H2,(H,9,10)(H,5,6,7). The molecule has 10 heavy (non-hydrogen) atoms. The van der Waals surface area contributed by atoms with Crippen molar-refractivity contribution in [1.29, 1.82) is 0 Å². The minimum atomic E-state index is -1.20. The van der Waals surface area contributed by atoms with Crippen LogP contribution in [0.25, 0.3) is 0 Å². The Morgan fingerprint density at radius 3 is 2.70 bits per heavy atom. The first kappa shape index (κ1) is 6.69. The zero-order chi connectivity index (χ0) is 7.56. The predicted octanol–water partition coefficient (Wildman–Crippen LogP) is -1.00. The SMILES string of the molecule is O=C(O)c1n[nH]nc1CO. The third kappa shape index (κ3) is 0.960. The van der Waals surface area contributed by atoms with E-state index in [-0.39, 0.29) is 11.4 Å². The number of nitrogens with one attached hydrogen (secondary N) is 1. The van der Waals surface area contributed by atoms with E-state index in [1.165, 1.54) is 0 Å². The van der Waals surface area contributed by atoms with Gasteiger partial charge in [0.25, 0.3) is 0 Å². The Morgan fingerprint density at radius 1 is 1.60 bits per heavy atom. The molecule has 1 rings (SSSR count). The number of rotatable bonds is 2. The first-order valence-electron chi connectivity index (χ1n) is 2.49. The van der Waals surface area contributed by atoms with Crippen LogP contribution in [0.4, 0.5) is 0 Å². The number of carbonyl (C=O) groups is 1. The maximum absolute atomic E-state index is 10.2. The van der Waals surface area contributed by atoms with Gasteiger partial charge in [-0.1, -0.05) is 0 Å². The number of H-pyrrole nitrogens is 1. The minimum absolute atomic E-state index is 0.0486. The second-order valence-corrected chi connectivity index (χ2v) is 1.58. The number of aromatic amines is 1. The number of aliphatic hydroxyl groups is 1. The summed E-state index contributed by atoms with van der Waals surface area (Å²) in [6.07, 6.45) is 0. The van der Waals surface area contributed by atoms with Crippen molar-refractivity contribution in [3.05, 3.63) is 11.4 Å². The molecule has 54 valence electrons. The van der Waals surface area contributed by atoms with Gasteiger partial charge in [-0.3, -0.25) is 0 Å². The van der Waals surface area contributed by atoms with Gasteiger partial charge < -0.3 is 10.2 Å². The third-order valence-electron chi connectivity index (χ3n) is 0.972. The Morgan fingerprint density at radius 2 is 2.30 bits per heavy atom. The molecule has 0 aromatic carbocycles. The second-order valence-electron chi connectivity index (χ2n) is 1.58. The number of nitrogens with zero attached hydrogens (tertiary/aromatic N) is 2. The maximum Gasteiger partial charge on any atom is 0.358 e. The van der Waals surface area contributed by atoms with Crippen molar-refractivity contribution in [2.45, 2.75) is 6.61 Å². The number of aliphatic hydroxyl groups excluding tert-OH is 1. The van der Waals surface area contributed by atoms with Crippen LogP contribution in [0.3, 0.4) is 0 Å². The second kappa shape index (κ2) is 2.44. The lowest BCUT2D eigenvalue weighted by atomic mass is 10.3. The summed E-state index contributed by atoms with van der Waals surface area (Å²) < 4.78 is 0. The molecular weight excluding hydrogens is 138 g/mol. The highest BCUT2D eigenvalue weighted by Crippen LogP contribution is 1.98. The zero-order valence-electron chi connectivity index (χ0n) is 4.90. The summed E-state index contributed by atoms with van der Waals surface area (Å²) >= 11 is 0. The molecular formula is C4H5N3O3. The Hall–Kier alpha value is -1.43. The molecule has 1 aromatic rings. The Balaban J connectivity index is 3.01. The number of aromatic carboxylic acids is 1. The van der Waals surface area contributed by atoms with E-state index in [2.05, 4.69) is 15.4 Å². The number of hydrogen-bond acceptors (Lipinski definition) is 4. The summed E-state index contributed by atoms with van der Waals surface area (Å²) in [7, 11) is 0. The summed E-state index contributed by atoms with van der Waals surface area (Å²) in [5.41, 5.74) is -0.185. The molecule has 0 aliphatic heterocycles. The number of carboxylic acids is 1. The van der Waals surface area contributed by atoms with Gasteiger partial charge in [-0.2, -0.15) is 10.3 Å². The van der Waals surface area contributed by atoms with Crippen molar-refractivity contribution < 1.29 is 15.0 Å². The fourth-order valence-corrected chi connectivity index (χ4v) is 0.534. The van der Waals surface area contributed by atoms with Crippen molar-refractivity contribution >= 4 is 5.97 Å². The van der Waals surface area contributed by atoms with Crippen molar-refractivity contribution in [1.82, 2.24) is 15.4 Å². The van der Waals surface area contributed by atoms with Crippen LogP contribution in [0.1, 0.15) is 16.2 Å². The van der Waals surface area contributed by atoms with Crippen LogP contribution in [0, 0.1) is 0 Å². The van der Waals surface area contributed by atoms with Crippen molar-refractivity contribution in [3.8, 4) is 0 Å². The van der Waals surface area contributed by atoms with Gasteiger partial charge in [0.15, 0.2) is 5.69 Å². The lowest BCUT2D eigenvalue weighted by Gasteiger charge is -1.86. The normalized spacial score (nSPS) is 9.70. The van der Waals surface area contributed by atoms with E-state index in [1.54, 1.807) is 0 Å². The highest BCUT2D eigenvalue weighted by Gasteiger charge is 2.12. The molecule has 0 atom stereocenters. The summed E-state index contributed by atoms with van der Waals surface area (Å²) in [6, 6.07) is 0. The Bertz CT molecular complexity index is 244. The minimum Gasteiger partial charge on any atom is -0.476 e. The number of aromatic nitrogens is 3. The summed E-state index contributed by atoms with van der Waals surface area (Å²) in [5, 5.41) is 25.6. The molecule has 3 N–H and O–H groups in total. The molecule has 0 spiro atoms. The van der Waals surface area contributed by atoms with Gasteiger partial charge in [-0.05, 0) is 0 Å².